The van der Waals surface area contributed by atoms with E-state index in [1.54, 1.807) is 0 Å². The highest BCUT2D eigenvalue weighted by Crippen LogP contribution is 2.15. The second-order valence-corrected chi connectivity index (χ2v) is 8.19. The molecule has 1 saturated heterocycles. The van der Waals surface area contributed by atoms with Gasteiger partial charge in [0.05, 0.1) is 15.9 Å². The second-order valence-electron chi connectivity index (χ2n) is 4.86. The highest BCUT2D eigenvalue weighted by atomic mass is 32.2. The number of ether oxygens (including phenoxy) is 1. The Morgan fingerprint density at radius 1 is 1.10 bits per heavy atom. The van der Waals surface area contributed by atoms with Crippen LogP contribution < -0.4 is 9.86 Å². The first-order valence-corrected chi connectivity index (χ1v) is 9.56. The fourth-order valence-corrected chi connectivity index (χ4v) is 3.64. The number of nitrogens with two attached hydrogens (primary N) is 1. The van der Waals surface area contributed by atoms with Crippen LogP contribution in [0.1, 0.15) is 19.3 Å². The molecule has 118 valence electrons. The van der Waals surface area contributed by atoms with Gasteiger partial charge in [0.1, 0.15) is 0 Å². The van der Waals surface area contributed by atoms with Crippen LogP contribution in [0.4, 0.5) is 0 Å². The van der Waals surface area contributed by atoms with E-state index in [1.807, 2.05) is 0 Å². The normalized spacial score (nSPS) is 20.3. The number of hydrogen-bond donors (Lipinski definition) is 2. The first kappa shape index (κ1) is 16.4. The van der Waals surface area contributed by atoms with Crippen molar-refractivity contribution in [3.63, 3.8) is 0 Å². The Balaban J connectivity index is 2.05. The van der Waals surface area contributed by atoms with Crippen molar-refractivity contribution in [1.82, 2.24) is 4.72 Å². The van der Waals surface area contributed by atoms with Gasteiger partial charge in [-0.05, 0) is 43.5 Å². The highest BCUT2D eigenvalue weighted by molar-refractivity contribution is 7.89. The molecule has 1 aromatic carbocycles. The topological polar surface area (TPSA) is 116 Å². The maximum absolute atomic E-state index is 12.1. The van der Waals surface area contributed by atoms with Gasteiger partial charge in [-0.3, -0.25) is 0 Å². The van der Waals surface area contributed by atoms with Crippen LogP contribution in [0, 0.1) is 0 Å². The zero-order valence-corrected chi connectivity index (χ0v) is 13.0. The Bertz CT molecular complexity index is 677. The van der Waals surface area contributed by atoms with Gasteiger partial charge in [0.25, 0.3) is 0 Å². The molecule has 0 bridgehead atoms. The first-order chi connectivity index (χ1) is 9.79. The maximum Gasteiger partial charge on any atom is 0.240 e. The average molecular weight is 334 g/mol. The summed E-state index contributed by atoms with van der Waals surface area (Å²) in [6.07, 6.45) is 2.73. The van der Waals surface area contributed by atoms with Crippen LogP contribution in [-0.4, -0.2) is 36.1 Å². The molecule has 1 atom stereocenters. The lowest BCUT2D eigenvalue weighted by atomic mass is 10.1. The van der Waals surface area contributed by atoms with E-state index < -0.39 is 20.0 Å². The van der Waals surface area contributed by atoms with Crippen LogP contribution in [0.3, 0.4) is 0 Å². The summed E-state index contributed by atoms with van der Waals surface area (Å²) in [7, 11) is -7.52. The molecule has 1 unspecified atom stereocenters. The van der Waals surface area contributed by atoms with Gasteiger partial charge < -0.3 is 4.74 Å². The van der Waals surface area contributed by atoms with Crippen LogP contribution in [0.2, 0.25) is 0 Å². The summed E-state index contributed by atoms with van der Waals surface area (Å²) in [5.74, 6) is 0. The van der Waals surface area contributed by atoms with Crippen molar-refractivity contribution in [2.75, 3.05) is 13.2 Å². The molecule has 0 spiro atoms. The Kier molecular flexibility index (Phi) is 4.99. The van der Waals surface area contributed by atoms with Crippen molar-refractivity contribution in [2.45, 2.75) is 35.2 Å². The number of sulfonamides is 2. The lowest BCUT2D eigenvalue weighted by Gasteiger charge is -2.22. The zero-order valence-electron chi connectivity index (χ0n) is 11.4. The fraction of sp³-hybridized carbons (Fsp3) is 0.500. The van der Waals surface area contributed by atoms with Crippen molar-refractivity contribution >= 4 is 20.0 Å². The number of rotatable bonds is 5. The summed E-state index contributed by atoms with van der Waals surface area (Å²) in [5, 5.41) is 4.96. The molecule has 1 heterocycles. The van der Waals surface area contributed by atoms with Gasteiger partial charge in [-0.1, -0.05) is 0 Å². The van der Waals surface area contributed by atoms with E-state index in [4.69, 9.17) is 9.88 Å². The third-order valence-electron chi connectivity index (χ3n) is 3.24. The van der Waals surface area contributed by atoms with Gasteiger partial charge in [0, 0.05) is 13.2 Å². The van der Waals surface area contributed by atoms with Crippen LogP contribution in [0.15, 0.2) is 34.1 Å². The van der Waals surface area contributed by atoms with Gasteiger partial charge in [-0.25, -0.2) is 26.7 Å². The predicted molar refractivity (Wildman–Crippen MR) is 76.6 cm³/mol. The largest absolute Gasteiger partial charge is 0.377 e. The Hall–Kier alpha value is -1.00. The van der Waals surface area contributed by atoms with E-state index in [0.717, 1.165) is 19.3 Å². The summed E-state index contributed by atoms with van der Waals surface area (Å²) >= 11 is 0. The summed E-state index contributed by atoms with van der Waals surface area (Å²) in [6, 6.07) is 4.76. The minimum absolute atomic E-state index is 0.00860. The lowest BCUT2D eigenvalue weighted by molar-refractivity contribution is 0.0200. The molecule has 0 amide bonds. The van der Waals surface area contributed by atoms with E-state index in [2.05, 4.69) is 4.72 Å². The molecule has 9 heteroatoms. The average Bonchev–Trinajstić information content (AvgIpc) is 2.46. The van der Waals surface area contributed by atoms with E-state index in [-0.39, 0.29) is 22.4 Å². The van der Waals surface area contributed by atoms with E-state index in [0.29, 0.717) is 6.61 Å². The van der Waals surface area contributed by atoms with Crippen molar-refractivity contribution in [3.05, 3.63) is 24.3 Å². The number of benzene rings is 1. The quantitative estimate of drug-likeness (QED) is 0.797. The molecule has 0 saturated carbocycles. The molecule has 0 aliphatic carbocycles. The summed E-state index contributed by atoms with van der Waals surface area (Å²) in [4.78, 5) is -0.136. The molecule has 3 N–H and O–H groups in total. The van der Waals surface area contributed by atoms with Crippen molar-refractivity contribution in [3.8, 4) is 0 Å². The zero-order chi connectivity index (χ0) is 15.5. The first-order valence-electron chi connectivity index (χ1n) is 6.53. The maximum atomic E-state index is 12.1. The van der Waals surface area contributed by atoms with Gasteiger partial charge >= 0.3 is 0 Å². The van der Waals surface area contributed by atoms with Gasteiger partial charge in [0.15, 0.2) is 0 Å². The van der Waals surface area contributed by atoms with Gasteiger partial charge in [-0.2, -0.15) is 0 Å². The Morgan fingerprint density at radius 3 is 2.24 bits per heavy atom. The van der Waals surface area contributed by atoms with Crippen LogP contribution in [0.25, 0.3) is 0 Å². The molecule has 0 aromatic heterocycles. The number of primary sulfonamides is 1. The van der Waals surface area contributed by atoms with Crippen LogP contribution in [-0.2, 0) is 24.8 Å². The Morgan fingerprint density at radius 2 is 1.71 bits per heavy atom. The molecule has 0 radical (unpaired) electrons. The second kappa shape index (κ2) is 6.41. The van der Waals surface area contributed by atoms with E-state index in [9.17, 15) is 16.8 Å². The molecule has 21 heavy (non-hydrogen) atoms. The third-order valence-corrected chi connectivity index (χ3v) is 5.61. The standard InChI is InChI=1S/C12H18N2O5S2/c13-20(15,16)11-4-6-12(7-5-11)21(17,18)14-9-10-3-1-2-8-19-10/h4-7,10,14H,1-3,8-9H2,(H2,13,15,16). The summed E-state index contributed by atoms with van der Waals surface area (Å²) in [5.41, 5.74) is 0. The molecular weight excluding hydrogens is 316 g/mol. The fourth-order valence-electron chi connectivity index (χ4n) is 2.06. The van der Waals surface area contributed by atoms with Gasteiger partial charge in [-0.15, -0.1) is 0 Å². The molecule has 1 aliphatic rings. The van der Waals surface area contributed by atoms with Gasteiger partial charge in [0.2, 0.25) is 20.0 Å². The predicted octanol–water partition coefficient (Wildman–Crippen LogP) is 0.181. The minimum atomic E-state index is -3.83. The van der Waals surface area contributed by atoms with E-state index >= 15 is 0 Å². The molecule has 1 aliphatic heterocycles. The molecule has 2 rings (SSSR count). The number of nitrogens with one attached hydrogen (secondary N) is 1. The third kappa shape index (κ3) is 4.48. The van der Waals surface area contributed by atoms with Crippen molar-refractivity contribution in [2.24, 2.45) is 5.14 Å². The molecular formula is C12H18N2O5S2. The highest BCUT2D eigenvalue weighted by Gasteiger charge is 2.19. The van der Waals surface area contributed by atoms with Crippen molar-refractivity contribution in [1.29, 1.82) is 0 Å². The summed E-state index contributed by atoms with van der Waals surface area (Å²) in [6.45, 7) is 0.856. The minimum Gasteiger partial charge on any atom is -0.377 e. The number of hydrogen-bond acceptors (Lipinski definition) is 5. The Labute approximate surface area is 124 Å². The molecule has 1 fully saturated rings. The van der Waals surface area contributed by atoms with Crippen LogP contribution >= 0.6 is 0 Å². The monoisotopic (exact) mass is 334 g/mol. The lowest BCUT2D eigenvalue weighted by Crippen LogP contribution is -2.35. The smallest absolute Gasteiger partial charge is 0.240 e. The summed E-state index contributed by atoms with van der Waals surface area (Å²) < 4.78 is 54.3. The molecule has 7 nitrogen and oxygen atoms in total. The van der Waals surface area contributed by atoms with Crippen molar-refractivity contribution < 1.29 is 21.6 Å². The molecule has 1 aromatic rings. The van der Waals surface area contributed by atoms with Crippen LogP contribution in [0.5, 0.6) is 0 Å². The SMILES string of the molecule is NS(=O)(=O)c1ccc(S(=O)(=O)NCC2CCCCO2)cc1. The van der Waals surface area contributed by atoms with E-state index in [1.165, 1.54) is 24.3 Å².